The van der Waals surface area contributed by atoms with Crippen LogP contribution in [-0.4, -0.2) is 23.3 Å². The second kappa shape index (κ2) is 4.35. The van der Waals surface area contributed by atoms with E-state index >= 15 is 0 Å². The van der Waals surface area contributed by atoms with E-state index in [4.69, 9.17) is 4.74 Å². The molecule has 1 saturated carbocycles. The highest BCUT2D eigenvalue weighted by atomic mass is 16.6. The summed E-state index contributed by atoms with van der Waals surface area (Å²) in [6.45, 7) is 1.85. The van der Waals surface area contributed by atoms with Gasteiger partial charge in [-0.15, -0.1) is 0 Å². The van der Waals surface area contributed by atoms with Crippen LogP contribution in [0, 0.1) is 5.92 Å². The third kappa shape index (κ3) is 2.23. The summed E-state index contributed by atoms with van der Waals surface area (Å²) in [4.78, 5) is 11.0. The van der Waals surface area contributed by atoms with E-state index in [0.29, 0.717) is 5.92 Å². The van der Waals surface area contributed by atoms with Crippen LogP contribution in [0.1, 0.15) is 39.0 Å². The standard InChI is InChI=1S/C12H18O3/c1-8-7-10(13)15-12(8)11(14)9-5-3-2-4-6-9/h7,9,11-12,14H,2-6H2,1H3/t11-,12+/m1/s1. The molecule has 0 aromatic heterocycles. The van der Waals surface area contributed by atoms with Gasteiger partial charge < -0.3 is 9.84 Å². The zero-order valence-corrected chi connectivity index (χ0v) is 9.11. The monoisotopic (exact) mass is 210 g/mol. The number of carbonyl (C=O) groups is 1. The van der Waals surface area contributed by atoms with Crippen molar-refractivity contribution in [3.8, 4) is 0 Å². The first-order valence-electron chi connectivity index (χ1n) is 5.75. The molecule has 0 bridgehead atoms. The summed E-state index contributed by atoms with van der Waals surface area (Å²) in [6, 6.07) is 0. The van der Waals surface area contributed by atoms with Crippen molar-refractivity contribution in [1.29, 1.82) is 0 Å². The molecule has 0 amide bonds. The highest BCUT2D eigenvalue weighted by Gasteiger charge is 2.35. The summed E-state index contributed by atoms with van der Waals surface area (Å²) >= 11 is 0. The van der Waals surface area contributed by atoms with Crippen LogP contribution in [0.2, 0.25) is 0 Å². The van der Waals surface area contributed by atoms with Gasteiger partial charge in [0.25, 0.3) is 0 Å². The molecule has 3 heteroatoms. The normalized spacial score (nSPS) is 29.9. The number of hydrogen-bond donors (Lipinski definition) is 1. The fourth-order valence-corrected chi connectivity index (χ4v) is 2.58. The van der Waals surface area contributed by atoms with Crippen molar-refractivity contribution in [2.24, 2.45) is 5.92 Å². The van der Waals surface area contributed by atoms with Crippen LogP contribution in [0.4, 0.5) is 0 Å². The molecule has 0 aromatic carbocycles. The topological polar surface area (TPSA) is 46.5 Å². The summed E-state index contributed by atoms with van der Waals surface area (Å²) in [5, 5.41) is 10.1. The average molecular weight is 210 g/mol. The van der Waals surface area contributed by atoms with Gasteiger partial charge in [0.05, 0.1) is 6.10 Å². The molecule has 0 radical (unpaired) electrons. The Hall–Kier alpha value is -0.830. The van der Waals surface area contributed by atoms with Crippen molar-refractivity contribution in [2.75, 3.05) is 0 Å². The van der Waals surface area contributed by atoms with Crippen molar-refractivity contribution >= 4 is 5.97 Å². The van der Waals surface area contributed by atoms with Crippen molar-refractivity contribution in [1.82, 2.24) is 0 Å². The Kier molecular flexibility index (Phi) is 3.10. The summed E-state index contributed by atoms with van der Waals surface area (Å²) in [7, 11) is 0. The smallest absolute Gasteiger partial charge is 0.331 e. The van der Waals surface area contributed by atoms with Crippen LogP contribution >= 0.6 is 0 Å². The lowest BCUT2D eigenvalue weighted by Gasteiger charge is -2.30. The summed E-state index contributed by atoms with van der Waals surface area (Å²) < 4.78 is 5.11. The zero-order valence-electron chi connectivity index (χ0n) is 9.11. The molecule has 1 aliphatic heterocycles. The van der Waals surface area contributed by atoms with Gasteiger partial charge in [-0.05, 0) is 31.3 Å². The minimum atomic E-state index is -0.506. The van der Waals surface area contributed by atoms with Crippen LogP contribution in [0.15, 0.2) is 11.6 Å². The van der Waals surface area contributed by atoms with Gasteiger partial charge in [0, 0.05) is 6.08 Å². The minimum Gasteiger partial charge on any atom is -0.452 e. The van der Waals surface area contributed by atoms with Crippen molar-refractivity contribution in [3.63, 3.8) is 0 Å². The van der Waals surface area contributed by atoms with Gasteiger partial charge in [0.1, 0.15) is 6.10 Å². The number of rotatable bonds is 2. The van der Waals surface area contributed by atoms with E-state index in [1.807, 2.05) is 6.92 Å². The molecule has 3 nitrogen and oxygen atoms in total. The van der Waals surface area contributed by atoms with Crippen LogP contribution in [0.5, 0.6) is 0 Å². The van der Waals surface area contributed by atoms with E-state index in [-0.39, 0.29) is 12.1 Å². The van der Waals surface area contributed by atoms with Crippen LogP contribution < -0.4 is 0 Å². The number of aliphatic hydroxyl groups excluding tert-OH is 1. The largest absolute Gasteiger partial charge is 0.452 e. The van der Waals surface area contributed by atoms with E-state index in [2.05, 4.69) is 0 Å². The maximum absolute atomic E-state index is 11.0. The van der Waals surface area contributed by atoms with Gasteiger partial charge in [-0.1, -0.05) is 19.3 Å². The molecule has 1 heterocycles. The molecule has 2 aliphatic rings. The molecule has 2 rings (SSSR count). The molecule has 1 aliphatic carbocycles. The Morgan fingerprint density at radius 1 is 1.40 bits per heavy atom. The molecule has 1 N–H and O–H groups in total. The molecular weight excluding hydrogens is 192 g/mol. The van der Waals surface area contributed by atoms with Gasteiger partial charge in [0.2, 0.25) is 0 Å². The van der Waals surface area contributed by atoms with Gasteiger partial charge in [0.15, 0.2) is 0 Å². The predicted molar refractivity (Wildman–Crippen MR) is 56.2 cm³/mol. The Balaban J connectivity index is 1.98. The first kappa shape index (κ1) is 10.7. The number of ether oxygens (including phenoxy) is 1. The van der Waals surface area contributed by atoms with Crippen LogP contribution in [0.3, 0.4) is 0 Å². The molecule has 0 saturated heterocycles. The third-order valence-corrected chi connectivity index (χ3v) is 3.48. The second-order valence-corrected chi connectivity index (χ2v) is 4.63. The third-order valence-electron chi connectivity index (χ3n) is 3.48. The van der Waals surface area contributed by atoms with Gasteiger partial charge in [-0.25, -0.2) is 4.79 Å². The highest BCUT2D eigenvalue weighted by molar-refractivity contribution is 5.85. The van der Waals surface area contributed by atoms with E-state index in [9.17, 15) is 9.90 Å². The second-order valence-electron chi connectivity index (χ2n) is 4.63. The molecule has 15 heavy (non-hydrogen) atoms. The minimum absolute atomic E-state index is 0.304. The fourth-order valence-electron chi connectivity index (χ4n) is 2.58. The van der Waals surface area contributed by atoms with E-state index in [1.165, 1.54) is 25.3 Å². The van der Waals surface area contributed by atoms with Crippen LogP contribution in [-0.2, 0) is 9.53 Å². The van der Waals surface area contributed by atoms with Gasteiger partial charge in [-0.3, -0.25) is 0 Å². The maximum Gasteiger partial charge on any atom is 0.331 e. The van der Waals surface area contributed by atoms with Gasteiger partial charge >= 0.3 is 5.97 Å². The van der Waals surface area contributed by atoms with Crippen molar-refractivity contribution in [2.45, 2.75) is 51.2 Å². The Labute approximate surface area is 90.1 Å². The molecule has 0 aromatic rings. The Morgan fingerprint density at radius 3 is 2.60 bits per heavy atom. The van der Waals surface area contributed by atoms with E-state index in [1.54, 1.807) is 0 Å². The first-order valence-corrected chi connectivity index (χ1v) is 5.75. The number of cyclic esters (lactones) is 1. The zero-order chi connectivity index (χ0) is 10.8. The molecule has 84 valence electrons. The van der Waals surface area contributed by atoms with Crippen LogP contribution in [0.25, 0.3) is 0 Å². The van der Waals surface area contributed by atoms with E-state index < -0.39 is 6.10 Å². The lowest BCUT2D eigenvalue weighted by Crippen LogP contribution is -2.36. The molecule has 1 fully saturated rings. The molecule has 0 unspecified atom stereocenters. The average Bonchev–Trinajstić information content (AvgIpc) is 2.58. The lowest BCUT2D eigenvalue weighted by atomic mass is 9.82. The molecular formula is C12H18O3. The lowest BCUT2D eigenvalue weighted by molar-refractivity contribution is -0.145. The predicted octanol–water partition coefficient (Wildman–Crippen LogP) is 1.80. The summed E-state index contributed by atoms with van der Waals surface area (Å²) in [5.74, 6) is -0.00893. The summed E-state index contributed by atoms with van der Waals surface area (Å²) in [6.07, 6.45) is 6.34. The SMILES string of the molecule is CC1=CC(=O)O[C@@H]1[C@H](O)C1CCCCC1. The Bertz CT molecular complexity index is 277. The van der Waals surface area contributed by atoms with Crippen molar-refractivity contribution in [3.05, 3.63) is 11.6 Å². The molecule has 0 spiro atoms. The number of esters is 1. The number of carbonyl (C=O) groups excluding carboxylic acids is 1. The van der Waals surface area contributed by atoms with E-state index in [0.717, 1.165) is 18.4 Å². The van der Waals surface area contributed by atoms with Crippen molar-refractivity contribution < 1.29 is 14.6 Å². The maximum atomic E-state index is 11.0. The fraction of sp³-hybridized carbons (Fsp3) is 0.750. The van der Waals surface area contributed by atoms with Gasteiger partial charge in [-0.2, -0.15) is 0 Å². The quantitative estimate of drug-likeness (QED) is 0.707. The number of hydrogen-bond acceptors (Lipinski definition) is 3. The number of aliphatic hydroxyl groups is 1. The molecule has 2 atom stereocenters. The first-order chi connectivity index (χ1) is 7.18. The highest BCUT2D eigenvalue weighted by Crippen LogP contribution is 2.31. The summed E-state index contributed by atoms with van der Waals surface area (Å²) in [5.41, 5.74) is 0.859. The Morgan fingerprint density at radius 2 is 2.07 bits per heavy atom.